The Kier molecular flexibility index (Phi) is 7.79. The van der Waals surface area contributed by atoms with Gasteiger partial charge in [-0.1, -0.05) is 13.8 Å². The zero-order chi connectivity index (χ0) is 8.15. The van der Waals surface area contributed by atoms with Crippen LogP contribution >= 0.6 is 12.4 Å². The van der Waals surface area contributed by atoms with E-state index in [0.717, 1.165) is 6.42 Å². The highest BCUT2D eigenvalue weighted by atomic mass is 35.5. The SMILES string of the molecule is CC(C)CC[C@H](N)C(=O)O.Cl. The molecule has 0 heterocycles. The van der Waals surface area contributed by atoms with Gasteiger partial charge in [0.1, 0.15) is 6.04 Å². The third kappa shape index (κ3) is 7.62. The Morgan fingerprint density at radius 1 is 1.45 bits per heavy atom. The van der Waals surface area contributed by atoms with Crippen molar-refractivity contribution < 1.29 is 9.90 Å². The fraction of sp³-hybridized carbons (Fsp3) is 0.857. The van der Waals surface area contributed by atoms with Crippen LogP contribution in [-0.4, -0.2) is 17.1 Å². The van der Waals surface area contributed by atoms with Crippen LogP contribution in [0.4, 0.5) is 0 Å². The molecule has 0 bridgehead atoms. The maximum absolute atomic E-state index is 10.2. The van der Waals surface area contributed by atoms with E-state index in [1.54, 1.807) is 0 Å². The Morgan fingerprint density at radius 2 is 1.91 bits per heavy atom. The number of hydrogen-bond acceptors (Lipinski definition) is 2. The second-order valence-electron chi connectivity index (χ2n) is 2.92. The summed E-state index contributed by atoms with van der Waals surface area (Å²) in [4.78, 5) is 10.2. The first-order chi connectivity index (χ1) is 4.54. The van der Waals surface area contributed by atoms with Crippen molar-refractivity contribution in [2.75, 3.05) is 0 Å². The predicted octanol–water partition coefficient (Wildman–Crippen LogP) is 1.26. The highest BCUT2D eigenvalue weighted by Gasteiger charge is 2.10. The predicted molar refractivity (Wildman–Crippen MR) is 46.9 cm³/mol. The Balaban J connectivity index is 0. The smallest absolute Gasteiger partial charge is 0.320 e. The van der Waals surface area contributed by atoms with Crippen molar-refractivity contribution in [3.63, 3.8) is 0 Å². The van der Waals surface area contributed by atoms with Crippen molar-refractivity contribution in [3.8, 4) is 0 Å². The second kappa shape index (κ2) is 6.43. The summed E-state index contributed by atoms with van der Waals surface area (Å²) < 4.78 is 0. The molecule has 0 unspecified atom stereocenters. The molecule has 0 saturated carbocycles. The van der Waals surface area contributed by atoms with Crippen molar-refractivity contribution in [1.82, 2.24) is 0 Å². The number of hydrogen-bond donors (Lipinski definition) is 2. The van der Waals surface area contributed by atoms with E-state index in [1.807, 2.05) is 0 Å². The first kappa shape index (κ1) is 13.3. The molecule has 0 aliphatic rings. The van der Waals surface area contributed by atoms with E-state index >= 15 is 0 Å². The van der Waals surface area contributed by atoms with Gasteiger partial charge in [-0.3, -0.25) is 4.79 Å². The number of aliphatic carboxylic acids is 1. The third-order valence-corrected chi connectivity index (χ3v) is 1.37. The Labute approximate surface area is 73.4 Å². The van der Waals surface area contributed by atoms with Gasteiger partial charge >= 0.3 is 5.97 Å². The number of carbonyl (C=O) groups is 1. The van der Waals surface area contributed by atoms with Gasteiger partial charge in [-0.25, -0.2) is 0 Å². The molecule has 0 aromatic rings. The van der Waals surface area contributed by atoms with Gasteiger partial charge in [0.25, 0.3) is 0 Å². The second-order valence-corrected chi connectivity index (χ2v) is 2.92. The lowest BCUT2D eigenvalue weighted by Crippen LogP contribution is -2.30. The lowest BCUT2D eigenvalue weighted by Gasteiger charge is -2.07. The van der Waals surface area contributed by atoms with Gasteiger partial charge in [0.15, 0.2) is 0 Å². The van der Waals surface area contributed by atoms with Crippen molar-refractivity contribution in [2.45, 2.75) is 32.7 Å². The van der Waals surface area contributed by atoms with Gasteiger partial charge in [-0.05, 0) is 18.8 Å². The molecule has 0 fully saturated rings. The normalized spacial score (nSPS) is 12.4. The fourth-order valence-electron chi connectivity index (χ4n) is 0.636. The quantitative estimate of drug-likeness (QED) is 0.687. The van der Waals surface area contributed by atoms with E-state index in [0.29, 0.717) is 12.3 Å². The number of rotatable bonds is 4. The van der Waals surface area contributed by atoms with Gasteiger partial charge in [0.05, 0.1) is 0 Å². The van der Waals surface area contributed by atoms with Crippen LogP contribution in [0.15, 0.2) is 0 Å². The molecule has 0 aromatic carbocycles. The summed E-state index contributed by atoms with van der Waals surface area (Å²) in [6.07, 6.45) is 1.46. The van der Waals surface area contributed by atoms with Crippen molar-refractivity contribution in [2.24, 2.45) is 11.7 Å². The van der Waals surface area contributed by atoms with E-state index < -0.39 is 12.0 Å². The van der Waals surface area contributed by atoms with Crippen LogP contribution in [0.1, 0.15) is 26.7 Å². The summed E-state index contributed by atoms with van der Waals surface area (Å²) in [6.45, 7) is 4.10. The molecule has 11 heavy (non-hydrogen) atoms. The zero-order valence-corrected chi connectivity index (χ0v) is 7.73. The summed E-state index contributed by atoms with van der Waals surface area (Å²) in [5.74, 6) is -0.369. The average Bonchev–Trinajstić information content (AvgIpc) is 1.82. The molecule has 0 amide bonds. The van der Waals surface area contributed by atoms with Crippen LogP contribution in [-0.2, 0) is 4.79 Å². The van der Waals surface area contributed by atoms with Crippen LogP contribution < -0.4 is 5.73 Å². The molecule has 0 spiro atoms. The van der Waals surface area contributed by atoms with Gasteiger partial charge < -0.3 is 10.8 Å². The lowest BCUT2D eigenvalue weighted by atomic mass is 10.0. The summed E-state index contributed by atoms with van der Waals surface area (Å²) in [5.41, 5.74) is 5.27. The minimum atomic E-state index is -0.902. The van der Waals surface area contributed by atoms with Crippen molar-refractivity contribution >= 4 is 18.4 Å². The van der Waals surface area contributed by atoms with Crippen LogP contribution in [0.5, 0.6) is 0 Å². The van der Waals surface area contributed by atoms with E-state index in [4.69, 9.17) is 10.8 Å². The largest absolute Gasteiger partial charge is 0.480 e. The summed E-state index contributed by atoms with van der Waals surface area (Å²) in [7, 11) is 0. The molecule has 0 radical (unpaired) electrons. The van der Waals surface area contributed by atoms with Gasteiger partial charge in [-0.15, -0.1) is 12.4 Å². The zero-order valence-electron chi connectivity index (χ0n) is 6.91. The first-order valence-corrected chi connectivity index (χ1v) is 3.52. The molecule has 0 rings (SSSR count). The number of halogens is 1. The maximum Gasteiger partial charge on any atom is 0.320 e. The standard InChI is InChI=1S/C7H15NO2.ClH/c1-5(2)3-4-6(8)7(9)10;/h5-6H,3-4,8H2,1-2H3,(H,9,10);1H/t6-;/m0./s1. The molecule has 0 aliphatic carbocycles. The Bertz CT molecular complexity index is 117. The molecule has 68 valence electrons. The molecule has 3 nitrogen and oxygen atoms in total. The minimum Gasteiger partial charge on any atom is -0.480 e. The molecule has 0 aromatic heterocycles. The Hall–Kier alpha value is -0.280. The third-order valence-electron chi connectivity index (χ3n) is 1.37. The van der Waals surface area contributed by atoms with Crippen LogP contribution in [0, 0.1) is 5.92 Å². The van der Waals surface area contributed by atoms with Gasteiger partial charge in [0.2, 0.25) is 0 Å². The Morgan fingerprint density at radius 3 is 2.18 bits per heavy atom. The minimum absolute atomic E-state index is 0. The van der Waals surface area contributed by atoms with E-state index in [2.05, 4.69) is 13.8 Å². The van der Waals surface area contributed by atoms with Crippen LogP contribution in [0.2, 0.25) is 0 Å². The van der Waals surface area contributed by atoms with Crippen molar-refractivity contribution in [3.05, 3.63) is 0 Å². The van der Waals surface area contributed by atoms with E-state index in [9.17, 15) is 4.79 Å². The highest BCUT2D eigenvalue weighted by Crippen LogP contribution is 2.04. The monoisotopic (exact) mass is 181 g/mol. The first-order valence-electron chi connectivity index (χ1n) is 3.52. The number of carboxylic acids is 1. The molecular formula is C7H16ClNO2. The lowest BCUT2D eigenvalue weighted by molar-refractivity contribution is -0.138. The number of carboxylic acid groups (broad SMARTS) is 1. The van der Waals surface area contributed by atoms with Crippen LogP contribution in [0.3, 0.4) is 0 Å². The van der Waals surface area contributed by atoms with Gasteiger partial charge in [-0.2, -0.15) is 0 Å². The number of nitrogens with two attached hydrogens (primary N) is 1. The molecular weight excluding hydrogens is 166 g/mol. The topological polar surface area (TPSA) is 63.3 Å². The molecule has 4 heteroatoms. The maximum atomic E-state index is 10.2. The molecule has 3 N–H and O–H groups in total. The van der Waals surface area contributed by atoms with E-state index in [-0.39, 0.29) is 12.4 Å². The molecule has 0 saturated heterocycles. The highest BCUT2D eigenvalue weighted by molar-refractivity contribution is 5.85. The average molecular weight is 182 g/mol. The summed E-state index contributed by atoms with van der Waals surface area (Å²) in [6, 6.07) is -0.678. The molecule has 1 atom stereocenters. The summed E-state index contributed by atoms with van der Waals surface area (Å²) >= 11 is 0. The van der Waals surface area contributed by atoms with Crippen molar-refractivity contribution in [1.29, 1.82) is 0 Å². The van der Waals surface area contributed by atoms with Crippen LogP contribution in [0.25, 0.3) is 0 Å². The van der Waals surface area contributed by atoms with Gasteiger partial charge in [0, 0.05) is 0 Å². The van der Waals surface area contributed by atoms with E-state index in [1.165, 1.54) is 0 Å². The fourth-order valence-corrected chi connectivity index (χ4v) is 0.636. The molecule has 0 aliphatic heterocycles. The summed E-state index contributed by atoms with van der Waals surface area (Å²) in [5, 5.41) is 8.37.